The molecule has 5 aromatic rings. The molecular formula is C34H32F4N6O3. The number of aromatic amines is 2. The number of benzene rings is 2. The number of hydrogen-bond acceptors (Lipinski definition) is 5. The highest BCUT2D eigenvalue weighted by Gasteiger charge is 2.50. The molecule has 13 heteroatoms. The van der Waals surface area contributed by atoms with Gasteiger partial charge in [-0.1, -0.05) is 6.07 Å². The van der Waals surface area contributed by atoms with Crippen LogP contribution in [0.5, 0.6) is 11.5 Å². The zero-order valence-electron chi connectivity index (χ0n) is 25.9. The molecule has 9 nitrogen and oxygen atoms in total. The first-order valence-electron chi connectivity index (χ1n) is 15.6. The van der Waals surface area contributed by atoms with Crippen molar-refractivity contribution in [1.82, 2.24) is 29.4 Å². The van der Waals surface area contributed by atoms with Crippen LogP contribution in [0.1, 0.15) is 70.1 Å². The monoisotopic (exact) mass is 648 g/mol. The second-order valence-corrected chi connectivity index (χ2v) is 13.7. The Hall–Kier alpha value is -4.81. The number of rotatable bonds is 4. The molecule has 1 amide bonds. The molecule has 1 aliphatic carbocycles. The number of halogens is 4. The first kappa shape index (κ1) is 29.6. The van der Waals surface area contributed by atoms with Crippen LogP contribution in [0.3, 0.4) is 0 Å². The molecule has 8 rings (SSSR count). The lowest BCUT2D eigenvalue weighted by molar-refractivity contribution is -0.00248. The van der Waals surface area contributed by atoms with Crippen molar-refractivity contribution in [3.8, 4) is 39.7 Å². The molecule has 5 heterocycles. The van der Waals surface area contributed by atoms with Crippen molar-refractivity contribution in [2.75, 3.05) is 6.54 Å². The normalized spacial score (nSPS) is 21.2. The number of fused-ring (bicyclic) bond motifs is 2. The average Bonchev–Trinajstić information content (AvgIpc) is 3.82. The molecule has 47 heavy (non-hydrogen) atoms. The summed E-state index contributed by atoms with van der Waals surface area (Å²) < 4.78 is 70.4. The Kier molecular flexibility index (Phi) is 6.35. The van der Waals surface area contributed by atoms with E-state index in [-0.39, 0.29) is 24.6 Å². The highest BCUT2D eigenvalue weighted by molar-refractivity contribution is 6.00. The van der Waals surface area contributed by atoms with E-state index < -0.39 is 42.5 Å². The fraction of sp³-hybridized carbons (Fsp3) is 0.382. The predicted octanol–water partition coefficient (Wildman–Crippen LogP) is 8.74. The molecule has 0 unspecified atom stereocenters. The lowest BCUT2D eigenvalue weighted by Crippen LogP contribution is -2.38. The van der Waals surface area contributed by atoms with Gasteiger partial charge in [-0.2, -0.15) is 0 Å². The average molecular weight is 649 g/mol. The van der Waals surface area contributed by atoms with Gasteiger partial charge in [-0.25, -0.2) is 32.3 Å². The molecule has 1 saturated heterocycles. The van der Waals surface area contributed by atoms with E-state index in [0.717, 1.165) is 38.3 Å². The second-order valence-electron chi connectivity index (χ2n) is 13.7. The summed E-state index contributed by atoms with van der Waals surface area (Å²) in [7, 11) is 0. The van der Waals surface area contributed by atoms with Crippen molar-refractivity contribution >= 4 is 17.0 Å². The molecule has 2 aliphatic heterocycles. The first-order chi connectivity index (χ1) is 22.2. The fourth-order valence-corrected chi connectivity index (χ4v) is 6.92. The SMILES string of the molecule is CC(C)(C)OC(=O)N1CC(F)(F)C[C@H]1c1ncc(-c2ccc3c4c2ccn4-c2ccc(-c4cnc([C@H]5CCC(F)(F)C5)[nH]4)cc2O3)[nH]1. The maximum absolute atomic E-state index is 14.5. The third-order valence-corrected chi connectivity index (χ3v) is 9.05. The van der Waals surface area contributed by atoms with Gasteiger partial charge in [0.25, 0.3) is 5.92 Å². The molecule has 244 valence electrons. The maximum atomic E-state index is 14.5. The van der Waals surface area contributed by atoms with Crippen LogP contribution in [-0.2, 0) is 4.74 Å². The molecule has 3 aliphatic rings. The van der Waals surface area contributed by atoms with E-state index in [1.165, 1.54) is 0 Å². The zero-order valence-corrected chi connectivity index (χ0v) is 25.9. The van der Waals surface area contributed by atoms with Crippen molar-refractivity contribution in [2.45, 2.75) is 75.9 Å². The third-order valence-electron chi connectivity index (χ3n) is 9.05. The Bertz CT molecular complexity index is 2040. The molecule has 2 N–H and O–H groups in total. The number of likely N-dealkylation sites (tertiary alicyclic amines) is 1. The Morgan fingerprint density at radius 1 is 0.957 bits per heavy atom. The van der Waals surface area contributed by atoms with Crippen molar-refractivity contribution in [2.24, 2.45) is 0 Å². The Morgan fingerprint density at radius 3 is 2.49 bits per heavy atom. The van der Waals surface area contributed by atoms with Gasteiger partial charge < -0.3 is 24.0 Å². The number of carbonyl (C=O) groups excluding carboxylic acids is 1. The number of nitrogens with one attached hydrogen (secondary N) is 2. The Labute approximate surface area is 266 Å². The van der Waals surface area contributed by atoms with Crippen molar-refractivity contribution < 1.29 is 31.8 Å². The van der Waals surface area contributed by atoms with Gasteiger partial charge in [0.05, 0.1) is 47.6 Å². The van der Waals surface area contributed by atoms with E-state index >= 15 is 0 Å². The lowest BCUT2D eigenvalue weighted by atomic mass is 10.1. The first-order valence-corrected chi connectivity index (χ1v) is 15.6. The van der Waals surface area contributed by atoms with Gasteiger partial charge in [-0.3, -0.25) is 4.90 Å². The number of carbonyl (C=O) groups is 1. The fourth-order valence-electron chi connectivity index (χ4n) is 6.92. The number of ether oxygens (including phenoxy) is 2. The van der Waals surface area contributed by atoms with Gasteiger partial charge >= 0.3 is 6.09 Å². The van der Waals surface area contributed by atoms with Crippen LogP contribution in [-0.4, -0.2) is 59.5 Å². The van der Waals surface area contributed by atoms with Gasteiger partial charge in [0.2, 0.25) is 5.92 Å². The molecule has 0 spiro atoms. The molecule has 2 fully saturated rings. The molecule has 1 saturated carbocycles. The summed E-state index contributed by atoms with van der Waals surface area (Å²) in [6.07, 6.45) is 3.90. The van der Waals surface area contributed by atoms with E-state index in [4.69, 9.17) is 9.47 Å². The summed E-state index contributed by atoms with van der Waals surface area (Å²) >= 11 is 0. The predicted molar refractivity (Wildman–Crippen MR) is 165 cm³/mol. The zero-order chi connectivity index (χ0) is 32.9. The number of hydrogen-bond donors (Lipinski definition) is 2. The van der Waals surface area contributed by atoms with Crippen LogP contribution < -0.4 is 4.74 Å². The summed E-state index contributed by atoms with van der Waals surface area (Å²) in [5.74, 6) is -3.94. The van der Waals surface area contributed by atoms with E-state index in [1.807, 2.05) is 47.2 Å². The van der Waals surface area contributed by atoms with Gasteiger partial charge in [0.1, 0.15) is 17.2 Å². The Balaban J connectivity index is 1.08. The van der Waals surface area contributed by atoms with Crippen LogP contribution in [0.15, 0.2) is 55.0 Å². The van der Waals surface area contributed by atoms with Crippen LogP contribution in [0.25, 0.3) is 39.1 Å². The summed E-state index contributed by atoms with van der Waals surface area (Å²) in [6.45, 7) is 4.32. The summed E-state index contributed by atoms with van der Waals surface area (Å²) in [4.78, 5) is 29.1. The molecule has 2 aromatic carbocycles. The number of nitrogens with zero attached hydrogens (tertiary/aromatic N) is 4. The van der Waals surface area contributed by atoms with E-state index in [0.29, 0.717) is 29.4 Å². The minimum atomic E-state index is -3.07. The standard InChI is InChI=1S/C34H32F4N6O3/c1-32(2,3)47-31(45)44-17-34(37,38)14-25(44)30-40-16-23(42-30)20-5-7-26-28-21(20)9-11-43(28)24-6-4-18(12-27(24)46-26)22-15-39-29(41-22)19-8-10-33(35,36)13-19/h4-7,9,11-12,15-16,19,25H,8,10,13-14,17H2,1-3H3,(H,39,41)(H,40,42)/t19-,25-/m0/s1. The van der Waals surface area contributed by atoms with E-state index in [2.05, 4.69) is 19.9 Å². The van der Waals surface area contributed by atoms with E-state index in [9.17, 15) is 22.4 Å². The van der Waals surface area contributed by atoms with Crippen molar-refractivity contribution in [3.63, 3.8) is 0 Å². The minimum absolute atomic E-state index is 0.124. The molecular weight excluding hydrogens is 616 g/mol. The summed E-state index contributed by atoms with van der Waals surface area (Å²) in [5, 5.41) is 0.861. The van der Waals surface area contributed by atoms with Crippen molar-refractivity contribution in [1.29, 1.82) is 0 Å². The van der Waals surface area contributed by atoms with Gasteiger partial charge in [0.15, 0.2) is 11.5 Å². The molecule has 3 aromatic heterocycles. The topological polar surface area (TPSA) is 101 Å². The highest BCUT2D eigenvalue weighted by Crippen LogP contribution is 2.47. The molecule has 0 bridgehead atoms. The number of imidazole rings is 2. The minimum Gasteiger partial charge on any atom is -0.453 e. The number of alkyl halides is 4. The summed E-state index contributed by atoms with van der Waals surface area (Å²) in [5.41, 5.74) is 3.75. The van der Waals surface area contributed by atoms with Crippen LogP contribution in [0.2, 0.25) is 0 Å². The number of amides is 1. The smallest absolute Gasteiger partial charge is 0.411 e. The second kappa shape index (κ2) is 10.1. The van der Waals surface area contributed by atoms with Crippen LogP contribution in [0.4, 0.5) is 22.4 Å². The Morgan fingerprint density at radius 2 is 1.72 bits per heavy atom. The third kappa shape index (κ3) is 5.21. The molecule has 2 atom stereocenters. The molecule has 0 radical (unpaired) electrons. The largest absolute Gasteiger partial charge is 0.453 e. The lowest BCUT2D eigenvalue weighted by Gasteiger charge is -2.27. The number of aromatic nitrogens is 5. The van der Waals surface area contributed by atoms with Crippen LogP contribution in [0, 0.1) is 0 Å². The van der Waals surface area contributed by atoms with Crippen LogP contribution >= 0.6 is 0 Å². The highest BCUT2D eigenvalue weighted by atomic mass is 19.3. The van der Waals surface area contributed by atoms with Gasteiger partial charge in [0, 0.05) is 47.9 Å². The van der Waals surface area contributed by atoms with Gasteiger partial charge in [-0.05, 0) is 57.5 Å². The maximum Gasteiger partial charge on any atom is 0.411 e. The van der Waals surface area contributed by atoms with E-state index in [1.54, 1.807) is 33.2 Å². The quantitative estimate of drug-likeness (QED) is 0.186. The van der Waals surface area contributed by atoms with Crippen molar-refractivity contribution in [3.05, 3.63) is 66.6 Å². The summed E-state index contributed by atoms with van der Waals surface area (Å²) in [6, 6.07) is 10.5. The number of H-pyrrole nitrogens is 2. The van der Waals surface area contributed by atoms with Gasteiger partial charge in [-0.15, -0.1) is 0 Å².